The lowest BCUT2D eigenvalue weighted by atomic mass is 9.99. The molecule has 2 amide bonds. The van der Waals surface area contributed by atoms with Crippen molar-refractivity contribution < 1.29 is 19.0 Å². The molecule has 1 unspecified atom stereocenters. The molecule has 1 fully saturated rings. The molecule has 2 rings (SSSR count). The van der Waals surface area contributed by atoms with Crippen molar-refractivity contribution in [3.05, 3.63) is 23.8 Å². The molecule has 0 aliphatic carbocycles. The fraction of sp³-hybridized carbons (Fsp3) is 0.588. The van der Waals surface area contributed by atoms with Crippen LogP contribution in [0, 0.1) is 5.92 Å². The van der Waals surface area contributed by atoms with E-state index >= 15 is 0 Å². The third kappa shape index (κ3) is 4.76. The lowest BCUT2D eigenvalue weighted by molar-refractivity contribution is 0.100. The van der Waals surface area contributed by atoms with E-state index < -0.39 is 0 Å². The van der Waals surface area contributed by atoms with Crippen molar-refractivity contribution in [2.45, 2.75) is 19.4 Å². The summed E-state index contributed by atoms with van der Waals surface area (Å²) in [4.78, 5) is 14.2. The molecule has 0 bridgehead atoms. The number of amides is 2. The zero-order chi connectivity index (χ0) is 16.7. The largest absolute Gasteiger partial charge is 0.493 e. The molecule has 1 saturated heterocycles. The first kappa shape index (κ1) is 17.4. The number of carbonyl (C=O) groups is 1. The SMILES string of the molecule is COCC1CCCN(C(=O)NCc2ccc(OC)c(OC)c2)C1. The minimum Gasteiger partial charge on any atom is -0.493 e. The average Bonchev–Trinajstić information content (AvgIpc) is 2.59. The van der Waals surface area contributed by atoms with Crippen LogP contribution < -0.4 is 14.8 Å². The van der Waals surface area contributed by atoms with E-state index in [-0.39, 0.29) is 6.03 Å². The van der Waals surface area contributed by atoms with Crippen molar-refractivity contribution >= 4 is 6.03 Å². The number of rotatable bonds is 6. The van der Waals surface area contributed by atoms with Crippen LogP contribution in [0.2, 0.25) is 0 Å². The molecule has 1 N–H and O–H groups in total. The maximum Gasteiger partial charge on any atom is 0.317 e. The van der Waals surface area contributed by atoms with Crippen molar-refractivity contribution in [3.8, 4) is 11.5 Å². The van der Waals surface area contributed by atoms with Crippen LogP contribution in [0.5, 0.6) is 11.5 Å². The second kappa shape index (κ2) is 8.62. The highest BCUT2D eigenvalue weighted by Gasteiger charge is 2.23. The first-order valence-electron chi connectivity index (χ1n) is 7.90. The average molecular weight is 322 g/mol. The maximum atomic E-state index is 12.3. The quantitative estimate of drug-likeness (QED) is 0.873. The molecule has 1 atom stereocenters. The van der Waals surface area contributed by atoms with Crippen LogP contribution in [-0.4, -0.2) is 52.0 Å². The van der Waals surface area contributed by atoms with Gasteiger partial charge in [0.2, 0.25) is 0 Å². The summed E-state index contributed by atoms with van der Waals surface area (Å²) in [6.07, 6.45) is 2.14. The van der Waals surface area contributed by atoms with Gasteiger partial charge in [0.05, 0.1) is 20.8 Å². The summed E-state index contributed by atoms with van der Waals surface area (Å²) in [6.45, 7) is 2.73. The van der Waals surface area contributed by atoms with Gasteiger partial charge in [-0.2, -0.15) is 0 Å². The fourth-order valence-corrected chi connectivity index (χ4v) is 2.90. The third-order valence-corrected chi connectivity index (χ3v) is 4.10. The lowest BCUT2D eigenvalue weighted by Crippen LogP contribution is -2.46. The van der Waals surface area contributed by atoms with Gasteiger partial charge < -0.3 is 24.4 Å². The Morgan fingerprint density at radius 1 is 1.26 bits per heavy atom. The van der Waals surface area contributed by atoms with Gasteiger partial charge in [-0.15, -0.1) is 0 Å². The number of ether oxygens (including phenoxy) is 3. The molecule has 1 aromatic rings. The smallest absolute Gasteiger partial charge is 0.317 e. The van der Waals surface area contributed by atoms with E-state index in [4.69, 9.17) is 14.2 Å². The van der Waals surface area contributed by atoms with Gasteiger partial charge >= 0.3 is 6.03 Å². The normalized spacial score (nSPS) is 17.7. The van der Waals surface area contributed by atoms with Gasteiger partial charge in [-0.1, -0.05) is 6.07 Å². The highest BCUT2D eigenvalue weighted by molar-refractivity contribution is 5.74. The van der Waals surface area contributed by atoms with Crippen molar-refractivity contribution in [1.29, 1.82) is 0 Å². The molecule has 1 aliphatic rings. The summed E-state index contributed by atoms with van der Waals surface area (Å²) in [7, 11) is 4.91. The number of benzene rings is 1. The van der Waals surface area contributed by atoms with Gasteiger partial charge in [-0.25, -0.2) is 4.79 Å². The molecule has 23 heavy (non-hydrogen) atoms. The number of hydrogen-bond donors (Lipinski definition) is 1. The van der Waals surface area contributed by atoms with Crippen LogP contribution in [0.4, 0.5) is 4.79 Å². The van der Waals surface area contributed by atoms with Crippen LogP contribution in [-0.2, 0) is 11.3 Å². The number of carbonyl (C=O) groups excluding carboxylic acids is 1. The van der Waals surface area contributed by atoms with Crippen molar-refractivity contribution in [3.63, 3.8) is 0 Å². The molecule has 0 spiro atoms. The molecule has 0 saturated carbocycles. The van der Waals surface area contributed by atoms with Crippen LogP contribution in [0.3, 0.4) is 0 Å². The van der Waals surface area contributed by atoms with Gasteiger partial charge in [-0.05, 0) is 30.5 Å². The van der Waals surface area contributed by atoms with Gasteiger partial charge in [0, 0.05) is 32.7 Å². The third-order valence-electron chi connectivity index (χ3n) is 4.10. The predicted molar refractivity (Wildman–Crippen MR) is 88.0 cm³/mol. The van der Waals surface area contributed by atoms with Crippen molar-refractivity contribution in [2.24, 2.45) is 5.92 Å². The van der Waals surface area contributed by atoms with E-state index in [1.807, 2.05) is 23.1 Å². The summed E-state index contributed by atoms with van der Waals surface area (Å²) in [5.74, 6) is 1.78. The summed E-state index contributed by atoms with van der Waals surface area (Å²) in [5, 5.41) is 2.97. The fourth-order valence-electron chi connectivity index (χ4n) is 2.90. The van der Waals surface area contributed by atoms with Gasteiger partial charge in [0.1, 0.15) is 0 Å². The van der Waals surface area contributed by atoms with Gasteiger partial charge in [-0.3, -0.25) is 0 Å². The molecular weight excluding hydrogens is 296 g/mol. The highest BCUT2D eigenvalue weighted by Crippen LogP contribution is 2.27. The zero-order valence-corrected chi connectivity index (χ0v) is 14.1. The zero-order valence-electron chi connectivity index (χ0n) is 14.1. The van der Waals surface area contributed by atoms with E-state index in [2.05, 4.69) is 5.32 Å². The van der Waals surface area contributed by atoms with Crippen LogP contribution in [0.1, 0.15) is 18.4 Å². The minimum atomic E-state index is -0.0272. The number of urea groups is 1. The number of nitrogens with one attached hydrogen (secondary N) is 1. The molecule has 6 heteroatoms. The van der Waals surface area contributed by atoms with Gasteiger partial charge in [0.25, 0.3) is 0 Å². The Balaban J connectivity index is 1.88. The van der Waals surface area contributed by atoms with Gasteiger partial charge in [0.15, 0.2) is 11.5 Å². The summed E-state index contributed by atoms with van der Waals surface area (Å²) >= 11 is 0. The Bertz CT molecular complexity index is 519. The Morgan fingerprint density at radius 3 is 2.74 bits per heavy atom. The number of hydrogen-bond acceptors (Lipinski definition) is 4. The van der Waals surface area contributed by atoms with E-state index in [0.29, 0.717) is 30.6 Å². The highest BCUT2D eigenvalue weighted by atomic mass is 16.5. The minimum absolute atomic E-state index is 0.0272. The first-order valence-corrected chi connectivity index (χ1v) is 7.90. The topological polar surface area (TPSA) is 60.0 Å². The Kier molecular flexibility index (Phi) is 6.52. The Hall–Kier alpha value is -1.95. The lowest BCUT2D eigenvalue weighted by Gasteiger charge is -2.32. The molecule has 1 aliphatic heterocycles. The standard InChI is InChI=1S/C17H26N2O4/c1-21-12-14-5-4-8-19(11-14)17(20)18-10-13-6-7-15(22-2)16(9-13)23-3/h6-7,9,14H,4-5,8,10-12H2,1-3H3,(H,18,20). The molecule has 1 heterocycles. The van der Waals surface area contributed by atoms with E-state index in [9.17, 15) is 4.79 Å². The van der Waals surface area contributed by atoms with Crippen LogP contribution in [0.15, 0.2) is 18.2 Å². The molecule has 128 valence electrons. The summed E-state index contributed by atoms with van der Waals surface area (Å²) in [6, 6.07) is 5.62. The predicted octanol–water partition coefficient (Wildman–Crippen LogP) is 2.27. The van der Waals surface area contributed by atoms with Crippen molar-refractivity contribution in [1.82, 2.24) is 10.2 Å². The Morgan fingerprint density at radius 2 is 2.04 bits per heavy atom. The first-order chi connectivity index (χ1) is 11.2. The van der Waals surface area contributed by atoms with Crippen molar-refractivity contribution in [2.75, 3.05) is 41.0 Å². The second-order valence-corrected chi connectivity index (χ2v) is 5.76. The summed E-state index contributed by atoms with van der Waals surface area (Å²) in [5.41, 5.74) is 0.974. The second-order valence-electron chi connectivity index (χ2n) is 5.76. The monoisotopic (exact) mass is 322 g/mol. The van der Waals surface area contributed by atoms with E-state index in [0.717, 1.165) is 31.5 Å². The number of piperidine rings is 1. The van der Waals surface area contributed by atoms with Crippen LogP contribution >= 0.6 is 0 Å². The maximum absolute atomic E-state index is 12.3. The van der Waals surface area contributed by atoms with E-state index in [1.165, 1.54) is 0 Å². The number of likely N-dealkylation sites (tertiary alicyclic amines) is 1. The number of methoxy groups -OCH3 is 3. The summed E-state index contributed by atoms with van der Waals surface area (Å²) < 4.78 is 15.7. The molecule has 1 aromatic carbocycles. The molecular formula is C17H26N2O4. The molecule has 0 aromatic heterocycles. The molecule has 6 nitrogen and oxygen atoms in total. The Labute approximate surface area is 137 Å². The van der Waals surface area contributed by atoms with E-state index in [1.54, 1.807) is 21.3 Å². The number of nitrogens with zero attached hydrogens (tertiary/aromatic N) is 1. The molecule has 0 radical (unpaired) electrons. The van der Waals surface area contributed by atoms with Crippen LogP contribution in [0.25, 0.3) is 0 Å².